The minimum absolute atomic E-state index is 0.0330. The number of aromatic nitrogens is 1. The molecule has 4 rings (SSSR count). The first-order valence-electron chi connectivity index (χ1n) is 7.85. The minimum Gasteiger partial charge on any atom is -0.496 e. The van der Waals surface area contributed by atoms with Crippen LogP contribution in [0.3, 0.4) is 0 Å². The van der Waals surface area contributed by atoms with E-state index in [0.29, 0.717) is 5.56 Å². The van der Waals surface area contributed by atoms with Gasteiger partial charge in [-0.25, -0.2) is 0 Å². The van der Waals surface area contributed by atoms with E-state index in [-0.39, 0.29) is 5.78 Å². The molecule has 0 spiro atoms. The van der Waals surface area contributed by atoms with Crippen LogP contribution in [0, 0.1) is 0 Å². The van der Waals surface area contributed by atoms with Crippen molar-refractivity contribution in [3.8, 4) is 5.75 Å². The molecule has 24 heavy (non-hydrogen) atoms. The number of para-hydroxylation sites is 1. The number of carbonyl (C=O) groups excluding carboxylic acids is 1. The van der Waals surface area contributed by atoms with Gasteiger partial charge in [-0.05, 0) is 23.6 Å². The zero-order chi connectivity index (χ0) is 16.7. The molecule has 0 aliphatic carbocycles. The standard InChI is InChI=1S/C21H17NO2/c1-22-13-18(15-8-5-6-10-19(15)22)21(23)17-11-12-20(24-2)16-9-4-3-7-14(16)17/h3-13H,1-2H3. The fourth-order valence-corrected chi connectivity index (χ4v) is 3.32. The largest absolute Gasteiger partial charge is 0.496 e. The maximum atomic E-state index is 13.2. The number of rotatable bonds is 3. The number of carbonyl (C=O) groups is 1. The molecule has 3 aromatic carbocycles. The SMILES string of the molecule is COc1ccc(C(=O)c2cn(C)c3ccccc23)c2ccccc12. The van der Waals surface area contributed by atoms with E-state index < -0.39 is 0 Å². The van der Waals surface area contributed by atoms with Gasteiger partial charge < -0.3 is 9.30 Å². The van der Waals surface area contributed by atoms with Crippen molar-refractivity contribution in [2.45, 2.75) is 0 Å². The highest BCUT2D eigenvalue weighted by Crippen LogP contribution is 2.31. The predicted octanol–water partition coefficient (Wildman–Crippen LogP) is 4.57. The molecule has 0 fully saturated rings. The topological polar surface area (TPSA) is 31.2 Å². The third-order valence-electron chi connectivity index (χ3n) is 4.49. The number of benzene rings is 3. The van der Waals surface area contributed by atoms with Crippen LogP contribution >= 0.6 is 0 Å². The maximum absolute atomic E-state index is 13.2. The van der Waals surface area contributed by atoms with Crippen LogP contribution in [0.15, 0.2) is 66.9 Å². The van der Waals surface area contributed by atoms with Gasteiger partial charge in [-0.3, -0.25) is 4.79 Å². The van der Waals surface area contributed by atoms with Gasteiger partial charge in [0.15, 0.2) is 5.78 Å². The van der Waals surface area contributed by atoms with Gasteiger partial charge in [0.25, 0.3) is 0 Å². The third-order valence-corrected chi connectivity index (χ3v) is 4.49. The molecule has 0 bridgehead atoms. The predicted molar refractivity (Wildman–Crippen MR) is 96.9 cm³/mol. The van der Waals surface area contributed by atoms with E-state index in [4.69, 9.17) is 4.74 Å². The molecular formula is C21H17NO2. The summed E-state index contributed by atoms with van der Waals surface area (Å²) in [6, 6.07) is 19.5. The average Bonchev–Trinajstić information content (AvgIpc) is 2.97. The number of methoxy groups -OCH3 is 1. The molecule has 0 saturated heterocycles. The van der Waals surface area contributed by atoms with E-state index in [1.807, 2.05) is 78.5 Å². The maximum Gasteiger partial charge on any atom is 0.195 e. The molecule has 4 aromatic rings. The van der Waals surface area contributed by atoms with Crippen molar-refractivity contribution in [3.63, 3.8) is 0 Å². The van der Waals surface area contributed by atoms with Crippen LogP contribution in [0.5, 0.6) is 5.75 Å². The van der Waals surface area contributed by atoms with Gasteiger partial charge in [0, 0.05) is 40.7 Å². The van der Waals surface area contributed by atoms with Crippen molar-refractivity contribution in [1.82, 2.24) is 4.57 Å². The van der Waals surface area contributed by atoms with Crippen molar-refractivity contribution >= 4 is 27.5 Å². The molecule has 0 N–H and O–H groups in total. The second-order valence-electron chi connectivity index (χ2n) is 5.86. The number of ether oxygens (including phenoxy) is 1. The number of hydrogen-bond donors (Lipinski definition) is 0. The highest BCUT2D eigenvalue weighted by Gasteiger charge is 2.18. The van der Waals surface area contributed by atoms with Gasteiger partial charge in [0.05, 0.1) is 7.11 Å². The zero-order valence-electron chi connectivity index (χ0n) is 13.6. The summed E-state index contributed by atoms with van der Waals surface area (Å²) >= 11 is 0. The second kappa shape index (κ2) is 5.53. The Kier molecular flexibility index (Phi) is 3.35. The first-order valence-corrected chi connectivity index (χ1v) is 7.85. The van der Waals surface area contributed by atoms with Crippen LogP contribution in [0.1, 0.15) is 15.9 Å². The monoisotopic (exact) mass is 315 g/mol. The Balaban J connectivity index is 1.96. The van der Waals surface area contributed by atoms with Crippen molar-refractivity contribution in [3.05, 3.63) is 78.0 Å². The number of hydrogen-bond acceptors (Lipinski definition) is 2. The van der Waals surface area contributed by atoms with E-state index >= 15 is 0 Å². The first kappa shape index (κ1) is 14.5. The van der Waals surface area contributed by atoms with Crippen molar-refractivity contribution in [2.24, 2.45) is 7.05 Å². The number of fused-ring (bicyclic) bond motifs is 2. The second-order valence-corrected chi connectivity index (χ2v) is 5.86. The summed E-state index contributed by atoms with van der Waals surface area (Å²) in [6.07, 6.45) is 1.91. The van der Waals surface area contributed by atoms with Gasteiger partial charge in [-0.1, -0.05) is 42.5 Å². The Morgan fingerprint density at radius 3 is 2.25 bits per heavy atom. The zero-order valence-corrected chi connectivity index (χ0v) is 13.6. The molecule has 0 aliphatic rings. The number of ketones is 1. The molecule has 118 valence electrons. The van der Waals surface area contributed by atoms with E-state index in [9.17, 15) is 4.79 Å². The smallest absolute Gasteiger partial charge is 0.195 e. The van der Waals surface area contributed by atoms with Gasteiger partial charge in [-0.2, -0.15) is 0 Å². The lowest BCUT2D eigenvalue weighted by Gasteiger charge is -2.09. The van der Waals surface area contributed by atoms with Crippen molar-refractivity contribution < 1.29 is 9.53 Å². The third kappa shape index (κ3) is 2.09. The molecule has 0 amide bonds. The summed E-state index contributed by atoms with van der Waals surface area (Å²) in [5.41, 5.74) is 2.48. The summed E-state index contributed by atoms with van der Waals surface area (Å²) in [7, 11) is 3.61. The highest BCUT2D eigenvalue weighted by atomic mass is 16.5. The van der Waals surface area contributed by atoms with Crippen molar-refractivity contribution in [2.75, 3.05) is 7.11 Å². The van der Waals surface area contributed by atoms with E-state index in [1.165, 1.54) is 0 Å². The van der Waals surface area contributed by atoms with E-state index in [1.54, 1.807) is 7.11 Å². The summed E-state index contributed by atoms with van der Waals surface area (Å²) in [5, 5.41) is 2.84. The van der Waals surface area contributed by atoms with Crippen LogP contribution in [0.2, 0.25) is 0 Å². The van der Waals surface area contributed by atoms with E-state index in [2.05, 4.69) is 0 Å². The lowest BCUT2D eigenvalue weighted by Crippen LogP contribution is -2.02. The Labute approximate surface area is 140 Å². The Morgan fingerprint density at radius 2 is 1.50 bits per heavy atom. The molecule has 0 saturated carbocycles. The van der Waals surface area contributed by atoms with Crippen LogP contribution in [-0.2, 0) is 7.05 Å². The quantitative estimate of drug-likeness (QED) is 0.519. The lowest BCUT2D eigenvalue weighted by molar-refractivity contribution is 0.104. The average molecular weight is 315 g/mol. The summed E-state index contributed by atoms with van der Waals surface area (Å²) < 4.78 is 7.42. The lowest BCUT2D eigenvalue weighted by atomic mass is 9.96. The Morgan fingerprint density at radius 1 is 0.833 bits per heavy atom. The molecule has 0 aliphatic heterocycles. The molecule has 1 aromatic heterocycles. The molecule has 1 heterocycles. The Bertz CT molecular complexity index is 1080. The highest BCUT2D eigenvalue weighted by molar-refractivity contribution is 6.21. The summed E-state index contributed by atoms with van der Waals surface area (Å²) in [6.45, 7) is 0. The van der Waals surface area contributed by atoms with E-state index in [0.717, 1.165) is 33.0 Å². The van der Waals surface area contributed by atoms with Crippen LogP contribution in [-0.4, -0.2) is 17.5 Å². The number of aryl methyl sites for hydroxylation is 1. The van der Waals surface area contributed by atoms with Gasteiger partial charge >= 0.3 is 0 Å². The summed E-state index contributed by atoms with van der Waals surface area (Å²) in [5.74, 6) is 0.811. The van der Waals surface area contributed by atoms with Crippen LogP contribution in [0.4, 0.5) is 0 Å². The van der Waals surface area contributed by atoms with Gasteiger partial charge in [0.2, 0.25) is 0 Å². The number of nitrogens with zero attached hydrogens (tertiary/aromatic N) is 1. The van der Waals surface area contributed by atoms with Gasteiger partial charge in [0.1, 0.15) is 5.75 Å². The van der Waals surface area contributed by atoms with Crippen molar-refractivity contribution in [1.29, 1.82) is 0 Å². The summed E-state index contributed by atoms with van der Waals surface area (Å²) in [4.78, 5) is 13.2. The Hall–Kier alpha value is -3.07. The molecule has 3 nitrogen and oxygen atoms in total. The molecule has 0 radical (unpaired) electrons. The van der Waals surface area contributed by atoms with Gasteiger partial charge in [-0.15, -0.1) is 0 Å². The molecular weight excluding hydrogens is 298 g/mol. The fraction of sp³-hybridized carbons (Fsp3) is 0.0952. The molecule has 0 atom stereocenters. The normalized spacial score (nSPS) is 11.1. The van der Waals surface area contributed by atoms with Crippen LogP contribution < -0.4 is 4.74 Å². The minimum atomic E-state index is 0.0330. The fourth-order valence-electron chi connectivity index (χ4n) is 3.32. The first-order chi connectivity index (χ1) is 11.7. The van der Waals surface area contributed by atoms with Crippen LogP contribution in [0.25, 0.3) is 21.7 Å². The molecule has 0 unspecified atom stereocenters. The molecule has 3 heteroatoms.